The molecule has 0 radical (unpaired) electrons. The molecule has 0 aliphatic rings. The van der Waals surface area contributed by atoms with Crippen molar-refractivity contribution >= 4 is 0 Å². The van der Waals surface area contributed by atoms with Gasteiger partial charge < -0.3 is 10.4 Å². The van der Waals surface area contributed by atoms with Gasteiger partial charge >= 0.3 is 0 Å². The molecule has 0 aliphatic heterocycles. The van der Waals surface area contributed by atoms with E-state index in [1.54, 1.807) is 0 Å². The van der Waals surface area contributed by atoms with Crippen LogP contribution in [0.5, 0.6) is 0 Å². The van der Waals surface area contributed by atoms with Gasteiger partial charge in [-0.2, -0.15) is 0 Å². The van der Waals surface area contributed by atoms with Crippen LogP contribution in [-0.2, 0) is 0 Å². The van der Waals surface area contributed by atoms with Crippen LogP contribution in [0.15, 0.2) is 65.9 Å². The average molecular weight is 228 g/mol. The Balaban J connectivity index is 2.47. The monoisotopic (exact) mass is 228 g/mol. The molecule has 1 N–H and O–H groups in total. The molecule has 2 aromatic carbocycles. The standard InChI is InChI=1S/C13H12N2O2/c16-14-15(17)13(11-7-3-1-4-8-11)12-9-5-2-6-10-12/h1-10,13,16H/b15-14-. The van der Waals surface area contributed by atoms with Crippen molar-refractivity contribution in [1.82, 2.24) is 0 Å². The van der Waals surface area contributed by atoms with Gasteiger partial charge in [0.1, 0.15) is 0 Å². The number of hydrogen-bond donors (Lipinski definition) is 1. The lowest BCUT2D eigenvalue weighted by Crippen LogP contribution is -2.12. The zero-order valence-electron chi connectivity index (χ0n) is 9.10. The van der Waals surface area contributed by atoms with E-state index in [4.69, 9.17) is 5.21 Å². The van der Waals surface area contributed by atoms with Gasteiger partial charge in [0.25, 0.3) is 0 Å². The van der Waals surface area contributed by atoms with E-state index in [1.807, 2.05) is 60.7 Å². The largest absolute Gasteiger partial charge is 0.597 e. The fourth-order valence-corrected chi connectivity index (χ4v) is 1.77. The second-order valence-electron chi connectivity index (χ2n) is 3.62. The van der Waals surface area contributed by atoms with Crippen molar-refractivity contribution in [3.05, 3.63) is 77.0 Å². The minimum Gasteiger partial charge on any atom is -0.597 e. The molecule has 0 bridgehead atoms. The highest BCUT2D eigenvalue weighted by Gasteiger charge is 2.23. The summed E-state index contributed by atoms with van der Waals surface area (Å²) in [6.07, 6.45) is 0. The molecule has 0 saturated carbocycles. The number of rotatable bonds is 3. The fourth-order valence-electron chi connectivity index (χ4n) is 1.77. The van der Waals surface area contributed by atoms with E-state index >= 15 is 0 Å². The highest BCUT2D eigenvalue weighted by atomic mass is 16.6. The summed E-state index contributed by atoms with van der Waals surface area (Å²) in [4.78, 5) is 0.296. The van der Waals surface area contributed by atoms with Crippen LogP contribution in [0.25, 0.3) is 0 Å². The first kappa shape index (κ1) is 11.1. The Morgan fingerprint density at radius 2 is 1.29 bits per heavy atom. The molecule has 0 spiro atoms. The SMILES string of the molecule is [O-]/[N+](=N\O)C(c1ccccc1)c1ccccc1. The normalized spacial score (nSPS) is 11.7. The molecule has 0 amide bonds. The summed E-state index contributed by atoms with van der Waals surface area (Å²) < 4.78 is 0. The van der Waals surface area contributed by atoms with E-state index in [-0.39, 0.29) is 0 Å². The lowest BCUT2D eigenvalue weighted by atomic mass is 9.99. The Labute approximate surface area is 99.0 Å². The third-order valence-corrected chi connectivity index (χ3v) is 2.54. The smallest absolute Gasteiger partial charge is 0.243 e. The van der Waals surface area contributed by atoms with Crippen LogP contribution in [0.4, 0.5) is 0 Å². The summed E-state index contributed by atoms with van der Waals surface area (Å²) in [6, 6.07) is 17.8. The minimum absolute atomic E-state index is 0.296. The summed E-state index contributed by atoms with van der Waals surface area (Å²) in [5.41, 5.74) is 1.57. The van der Waals surface area contributed by atoms with Crippen molar-refractivity contribution in [3.8, 4) is 0 Å². The average Bonchev–Trinajstić information content (AvgIpc) is 2.41. The third kappa shape index (κ3) is 2.42. The van der Waals surface area contributed by atoms with E-state index in [0.29, 0.717) is 4.86 Å². The van der Waals surface area contributed by atoms with Gasteiger partial charge in [-0.15, -0.1) is 0 Å². The lowest BCUT2D eigenvalue weighted by Gasteiger charge is -2.13. The summed E-state index contributed by atoms with van der Waals surface area (Å²) in [5, 5.41) is 23.0. The van der Waals surface area contributed by atoms with Crippen LogP contribution in [0.3, 0.4) is 0 Å². The van der Waals surface area contributed by atoms with Gasteiger partial charge in [0.05, 0.1) is 0 Å². The summed E-state index contributed by atoms with van der Waals surface area (Å²) in [7, 11) is 0. The topological polar surface area (TPSA) is 58.7 Å². The first-order chi connectivity index (χ1) is 8.33. The number of hydrogen-bond acceptors (Lipinski definition) is 2. The van der Waals surface area contributed by atoms with Gasteiger partial charge in [-0.1, -0.05) is 60.7 Å². The maximum Gasteiger partial charge on any atom is 0.243 e. The number of hydroxylamine groups is 1. The number of nitrogens with zero attached hydrogens (tertiary/aromatic N) is 2. The van der Waals surface area contributed by atoms with Crippen LogP contribution in [-0.4, -0.2) is 10.1 Å². The maximum atomic E-state index is 11.6. The van der Waals surface area contributed by atoms with Crippen molar-refractivity contribution in [2.24, 2.45) is 5.28 Å². The molecule has 2 aromatic rings. The van der Waals surface area contributed by atoms with Gasteiger partial charge in [-0.3, -0.25) is 0 Å². The molecule has 0 unspecified atom stereocenters. The molecule has 17 heavy (non-hydrogen) atoms. The first-order valence-corrected chi connectivity index (χ1v) is 5.24. The van der Waals surface area contributed by atoms with Crippen molar-refractivity contribution in [1.29, 1.82) is 0 Å². The molecule has 0 atom stereocenters. The zero-order valence-corrected chi connectivity index (χ0v) is 9.10. The van der Waals surface area contributed by atoms with Crippen LogP contribution in [0.1, 0.15) is 17.2 Å². The highest BCUT2D eigenvalue weighted by molar-refractivity contribution is 5.29. The Morgan fingerprint density at radius 3 is 1.65 bits per heavy atom. The van der Waals surface area contributed by atoms with Gasteiger partial charge in [-0.25, -0.2) is 0 Å². The Morgan fingerprint density at radius 1 is 0.882 bits per heavy atom. The number of benzene rings is 2. The quantitative estimate of drug-likeness (QED) is 0.498. The van der Waals surface area contributed by atoms with Crippen LogP contribution < -0.4 is 0 Å². The summed E-state index contributed by atoms with van der Waals surface area (Å²) >= 11 is 0. The van der Waals surface area contributed by atoms with Gasteiger partial charge in [-0.05, 0) is 4.86 Å². The molecule has 86 valence electrons. The second kappa shape index (κ2) is 5.12. The maximum absolute atomic E-state index is 11.6. The Bertz CT molecular complexity index is 458. The molecule has 0 aliphatic carbocycles. The van der Waals surface area contributed by atoms with Crippen molar-refractivity contribution in [2.45, 2.75) is 6.04 Å². The van der Waals surface area contributed by atoms with E-state index in [1.165, 1.54) is 0 Å². The van der Waals surface area contributed by atoms with Gasteiger partial charge in [0.15, 0.2) is 5.28 Å². The summed E-state index contributed by atoms with van der Waals surface area (Å²) in [6.45, 7) is 0. The Kier molecular flexibility index (Phi) is 3.35. The molecule has 0 heterocycles. The predicted octanol–water partition coefficient (Wildman–Crippen LogP) is 3.13. The second-order valence-corrected chi connectivity index (χ2v) is 3.62. The fraction of sp³-hybridized carbons (Fsp3) is 0.0769. The molecule has 4 heteroatoms. The van der Waals surface area contributed by atoms with Crippen LogP contribution in [0.2, 0.25) is 0 Å². The Hall–Kier alpha value is -2.36. The summed E-state index contributed by atoms with van der Waals surface area (Å²) in [5.74, 6) is 0. The molecule has 0 aromatic heterocycles. The molecular weight excluding hydrogens is 216 g/mol. The van der Waals surface area contributed by atoms with E-state index < -0.39 is 6.04 Å². The zero-order chi connectivity index (χ0) is 12.1. The molecule has 2 rings (SSSR count). The van der Waals surface area contributed by atoms with Crippen LogP contribution in [0, 0.1) is 5.21 Å². The molecule has 0 saturated heterocycles. The van der Waals surface area contributed by atoms with Gasteiger partial charge in [0, 0.05) is 11.1 Å². The van der Waals surface area contributed by atoms with E-state index in [9.17, 15) is 5.21 Å². The van der Waals surface area contributed by atoms with Crippen molar-refractivity contribution in [3.63, 3.8) is 0 Å². The molecular formula is C13H12N2O2. The van der Waals surface area contributed by atoms with E-state index in [2.05, 4.69) is 5.28 Å². The molecule has 0 fully saturated rings. The minimum atomic E-state index is -0.623. The molecule has 4 nitrogen and oxygen atoms in total. The lowest BCUT2D eigenvalue weighted by molar-refractivity contribution is -0.588. The highest BCUT2D eigenvalue weighted by Crippen LogP contribution is 2.25. The predicted molar refractivity (Wildman–Crippen MR) is 62.6 cm³/mol. The van der Waals surface area contributed by atoms with Crippen molar-refractivity contribution < 1.29 is 10.1 Å². The van der Waals surface area contributed by atoms with E-state index in [0.717, 1.165) is 11.1 Å². The van der Waals surface area contributed by atoms with Gasteiger partial charge in [0.2, 0.25) is 6.04 Å². The van der Waals surface area contributed by atoms with Crippen molar-refractivity contribution in [2.75, 3.05) is 0 Å². The third-order valence-electron chi connectivity index (χ3n) is 2.54. The van der Waals surface area contributed by atoms with Crippen LogP contribution >= 0.6 is 0 Å². The first-order valence-electron chi connectivity index (χ1n) is 5.24.